The molecule has 2 saturated heterocycles. The van der Waals surface area contributed by atoms with Gasteiger partial charge in [-0.3, -0.25) is 18.9 Å². The number of imidazole rings is 1. The molecule has 1 N–H and O–H groups in total. The molecule has 1 amide bonds. The highest BCUT2D eigenvalue weighted by Gasteiger charge is 2.33. The van der Waals surface area contributed by atoms with Crippen molar-refractivity contribution >= 4 is 11.7 Å². The van der Waals surface area contributed by atoms with E-state index < -0.39 is 0 Å². The van der Waals surface area contributed by atoms with Gasteiger partial charge in [0.15, 0.2) is 0 Å². The lowest BCUT2D eigenvalue weighted by Crippen LogP contribution is -2.49. The minimum Gasteiger partial charge on any atom is -0.343 e. The van der Waals surface area contributed by atoms with E-state index in [0.717, 1.165) is 44.6 Å². The first kappa shape index (κ1) is 16.3. The number of carbonyl (C=O) groups excluding carboxylic acids is 1. The van der Waals surface area contributed by atoms with Crippen LogP contribution in [0.4, 0.5) is 0 Å². The highest BCUT2D eigenvalue weighted by Crippen LogP contribution is 2.34. The molecule has 0 radical (unpaired) electrons. The largest absolute Gasteiger partial charge is 0.343 e. The molecule has 134 valence electrons. The number of nitrogens with zero attached hydrogens (tertiary/aromatic N) is 4. The Balaban J connectivity index is 1.58. The second-order valence-corrected chi connectivity index (χ2v) is 7.17. The number of likely N-dealkylation sites (tertiary alicyclic amines) is 2. The number of aromatic amines is 1. The van der Waals surface area contributed by atoms with Crippen molar-refractivity contribution in [1.29, 1.82) is 0 Å². The number of rotatable bonds is 2. The number of hydrogen-bond donors (Lipinski definition) is 1. The first-order chi connectivity index (χ1) is 12.1. The number of fused-ring (bicyclic) bond motifs is 1. The van der Waals surface area contributed by atoms with Gasteiger partial charge in [-0.1, -0.05) is 6.42 Å². The van der Waals surface area contributed by atoms with Gasteiger partial charge in [0.05, 0.1) is 6.04 Å². The number of H-pyrrole nitrogens is 1. The molecule has 0 aromatic carbocycles. The summed E-state index contributed by atoms with van der Waals surface area (Å²) >= 11 is 0. The van der Waals surface area contributed by atoms with Crippen LogP contribution >= 0.6 is 0 Å². The van der Waals surface area contributed by atoms with Gasteiger partial charge in [-0.05, 0) is 32.2 Å². The molecular weight excluding hydrogens is 318 g/mol. The molecule has 0 spiro atoms. The van der Waals surface area contributed by atoms with Crippen molar-refractivity contribution in [2.24, 2.45) is 0 Å². The van der Waals surface area contributed by atoms with Gasteiger partial charge in [0.2, 0.25) is 11.7 Å². The van der Waals surface area contributed by atoms with Crippen molar-refractivity contribution in [1.82, 2.24) is 24.2 Å². The molecule has 2 aromatic heterocycles. The maximum Gasteiger partial charge on any atom is 0.259 e. The summed E-state index contributed by atoms with van der Waals surface area (Å²) < 4.78 is 1.54. The van der Waals surface area contributed by atoms with Crippen LogP contribution in [-0.4, -0.2) is 55.8 Å². The van der Waals surface area contributed by atoms with Gasteiger partial charge in [0.1, 0.15) is 0 Å². The first-order valence-corrected chi connectivity index (χ1v) is 9.21. The second-order valence-electron chi connectivity index (χ2n) is 7.17. The summed E-state index contributed by atoms with van der Waals surface area (Å²) in [5.74, 6) is 0.780. The molecule has 2 aliphatic rings. The Morgan fingerprint density at radius 3 is 2.76 bits per heavy atom. The Morgan fingerprint density at radius 1 is 1.20 bits per heavy atom. The quantitative estimate of drug-likeness (QED) is 0.898. The molecule has 1 atom stereocenters. The summed E-state index contributed by atoms with van der Waals surface area (Å²) in [6.07, 6.45) is 8.77. The van der Waals surface area contributed by atoms with Gasteiger partial charge in [-0.15, -0.1) is 0 Å². The number of hydrogen-bond acceptors (Lipinski definition) is 4. The highest BCUT2D eigenvalue weighted by molar-refractivity contribution is 5.73. The summed E-state index contributed by atoms with van der Waals surface area (Å²) in [7, 11) is 0. The van der Waals surface area contributed by atoms with Gasteiger partial charge >= 0.3 is 0 Å². The molecule has 4 heterocycles. The molecule has 7 nitrogen and oxygen atoms in total. The van der Waals surface area contributed by atoms with Crippen LogP contribution < -0.4 is 5.56 Å². The van der Waals surface area contributed by atoms with Crippen molar-refractivity contribution in [3.8, 4) is 0 Å². The van der Waals surface area contributed by atoms with E-state index in [-0.39, 0.29) is 17.5 Å². The van der Waals surface area contributed by atoms with E-state index in [1.165, 1.54) is 12.8 Å². The number of aromatic nitrogens is 3. The Labute approximate surface area is 146 Å². The smallest absolute Gasteiger partial charge is 0.259 e. The Hall–Kier alpha value is -2.15. The molecule has 0 saturated carbocycles. The third kappa shape index (κ3) is 3.08. The maximum absolute atomic E-state index is 12.3. The van der Waals surface area contributed by atoms with Crippen molar-refractivity contribution in [3.63, 3.8) is 0 Å². The van der Waals surface area contributed by atoms with Crippen LogP contribution in [0.15, 0.2) is 23.3 Å². The maximum atomic E-state index is 12.3. The van der Waals surface area contributed by atoms with Crippen LogP contribution in [-0.2, 0) is 4.79 Å². The van der Waals surface area contributed by atoms with E-state index in [0.29, 0.717) is 11.8 Å². The van der Waals surface area contributed by atoms with Crippen LogP contribution in [0.1, 0.15) is 50.8 Å². The molecule has 4 rings (SSSR count). The Morgan fingerprint density at radius 2 is 2.00 bits per heavy atom. The molecule has 2 fully saturated rings. The molecular formula is C18H25N5O2. The van der Waals surface area contributed by atoms with Crippen molar-refractivity contribution < 1.29 is 4.79 Å². The van der Waals surface area contributed by atoms with Crippen LogP contribution in [0, 0.1) is 0 Å². The molecule has 2 aliphatic heterocycles. The van der Waals surface area contributed by atoms with E-state index in [1.54, 1.807) is 29.8 Å². The fourth-order valence-corrected chi connectivity index (χ4v) is 4.36. The SMILES string of the molecule is CC(=O)N1CCC(N2CCCCC2c2cc(=O)n3ccnc3[nH]2)CC1. The van der Waals surface area contributed by atoms with Gasteiger partial charge in [0, 0.05) is 50.2 Å². The zero-order chi connectivity index (χ0) is 17.4. The van der Waals surface area contributed by atoms with E-state index in [1.807, 2.05) is 4.90 Å². The van der Waals surface area contributed by atoms with Gasteiger partial charge in [-0.25, -0.2) is 4.98 Å². The summed E-state index contributed by atoms with van der Waals surface area (Å²) in [5.41, 5.74) is 0.940. The topological polar surface area (TPSA) is 73.7 Å². The molecule has 0 bridgehead atoms. The fraction of sp³-hybridized carbons (Fsp3) is 0.611. The molecule has 1 unspecified atom stereocenters. The van der Waals surface area contributed by atoms with Crippen LogP contribution in [0.3, 0.4) is 0 Å². The Bertz CT molecular complexity index is 818. The summed E-state index contributed by atoms with van der Waals surface area (Å²) in [6.45, 7) is 4.36. The van der Waals surface area contributed by atoms with E-state index in [9.17, 15) is 9.59 Å². The molecule has 2 aromatic rings. The predicted molar refractivity (Wildman–Crippen MR) is 94.4 cm³/mol. The lowest BCUT2D eigenvalue weighted by atomic mass is 9.93. The predicted octanol–water partition coefficient (Wildman–Crippen LogP) is 1.56. The third-order valence-electron chi connectivity index (χ3n) is 5.70. The number of piperidine rings is 2. The average molecular weight is 343 g/mol. The van der Waals surface area contributed by atoms with Crippen molar-refractivity contribution in [2.75, 3.05) is 19.6 Å². The fourth-order valence-electron chi connectivity index (χ4n) is 4.36. The van der Waals surface area contributed by atoms with Crippen molar-refractivity contribution in [3.05, 3.63) is 34.5 Å². The molecule has 0 aliphatic carbocycles. The summed E-state index contributed by atoms with van der Waals surface area (Å²) in [6, 6.07) is 2.43. The van der Waals surface area contributed by atoms with Crippen LogP contribution in [0.25, 0.3) is 5.78 Å². The summed E-state index contributed by atoms with van der Waals surface area (Å²) in [4.78, 5) is 36.0. The molecule has 25 heavy (non-hydrogen) atoms. The lowest BCUT2D eigenvalue weighted by Gasteiger charge is -2.44. The van der Waals surface area contributed by atoms with E-state index in [2.05, 4.69) is 14.9 Å². The van der Waals surface area contributed by atoms with Crippen LogP contribution in [0.5, 0.6) is 0 Å². The Kier molecular flexibility index (Phi) is 4.33. The minimum atomic E-state index is -0.0295. The number of amides is 1. The average Bonchev–Trinajstić information content (AvgIpc) is 3.11. The standard InChI is InChI=1S/C18H25N5O2/c1-13(24)21-9-5-14(6-10-21)22-8-3-2-4-16(22)15-12-17(25)23-11-7-19-18(23)20-15/h7,11-12,14,16H,2-6,8-10H2,1H3,(H,19,20). The number of carbonyl (C=O) groups is 1. The molecule has 7 heteroatoms. The van der Waals surface area contributed by atoms with Gasteiger partial charge in [-0.2, -0.15) is 0 Å². The minimum absolute atomic E-state index is 0.0295. The third-order valence-corrected chi connectivity index (χ3v) is 5.70. The van der Waals surface area contributed by atoms with E-state index in [4.69, 9.17) is 0 Å². The van der Waals surface area contributed by atoms with Gasteiger partial charge < -0.3 is 9.88 Å². The number of nitrogens with one attached hydrogen (secondary N) is 1. The van der Waals surface area contributed by atoms with Crippen LogP contribution in [0.2, 0.25) is 0 Å². The summed E-state index contributed by atoms with van der Waals surface area (Å²) in [5, 5.41) is 0. The lowest BCUT2D eigenvalue weighted by molar-refractivity contribution is -0.130. The monoisotopic (exact) mass is 343 g/mol. The van der Waals surface area contributed by atoms with E-state index >= 15 is 0 Å². The second kappa shape index (κ2) is 6.63. The highest BCUT2D eigenvalue weighted by atomic mass is 16.2. The zero-order valence-electron chi connectivity index (χ0n) is 14.6. The van der Waals surface area contributed by atoms with Gasteiger partial charge in [0.25, 0.3) is 5.56 Å². The zero-order valence-corrected chi connectivity index (χ0v) is 14.6. The van der Waals surface area contributed by atoms with Crippen molar-refractivity contribution in [2.45, 2.75) is 51.1 Å². The first-order valence-electron chi connectivity index (χ1n) is 9.21. The normalized spacial score (nSPS) is 23.2.